The Hall–Kier alpha value is -2.24. The Morgan fingerprint density at radius 1 is 1.05 bits per heavy atom. The van der Waals surface area contributed by atoms with Crippen LogP contribution in [0.3, 0.4) is 0 Å². The van der Waals surface area contributed by atoms with Gasteiger partial charge in [-0.15, -0.1) is 11.3 Å². The summed E-state index contributed by atoms with van der Waals surface area (Å²) >= 11 is 1.71. The van der Waals surface area contributed by atoms with Crippen LogP contribution in [-0.4, -0.2) is 15.1 Å². The SMILES string of the molecule is OCc1ccc(-c2nccnc2NCc2cccs2)cc1. The summed E-state index contributed by atoms with van der Waals surface area (Å²) in [4.78, 5) is 10.1. The van der Waals surface area contributed by atoms with Crippen LogP contribution in [0.4, 0.5) is 5.82 Å². The molecule has 0 atom stereocenters. The summed E-state index contributed by atoms with van der Waals surface area (Å²) in [5, 5.41) is 14.5. The van der Waals surface area contributed by atoms with Crippen LogP contribution in [0.25, 0.3) is 11.3 Å². The van der Waals surface area contributed by atoms with E-state index in [1.54, 1.807) is 23.7 Å². The Morgan fingerprint density at radius 3 is 2.57 bits per heavy atom. The first kappa shape index (κ1) is 13.7. The van der Waals surface area contributed by atoms with E-state index in [-0.39, 0.29) is 6.61 Å². The Morgan fingerprint density at radius 2 is 1.86 bits per heavy atom. The van der Waals surface area contributed by atoms with Crippen molar-refractivity contribution in [1.29, 1.82) is 0 Å². The fraction of sp³-hybridized carbons (Fsp3) is 0.125. The van der Waals surface area contributed by atoms with Gasteiger partial charge >= 0.3 is 0 Å². The molecule has 0 unspecified atom stereocenters. The van der Waals surface area contributed by atoms with E-state index in [9.17, 15) is 0 Å². The molecule has 0 fully saturated rings. The Balaban J connectivity index is 1.84. The van der Waals surface area contributed by atoms with Gasteiger partial charge in [-0.05, 0) is 17.0 Å². The number of aliphatic hydroxyl groups is 1. The average molecular weight is 297 g/mol. The van der Waals surface area contributed by atoms with E-state index in [1.165, 1.54) is 4.88 Å². The molecule has 2 heterocycles. The van der Waals surface area contributed by atoms with Gasteiger partial charge in [0.2, 0.25) is 0 Å². The minimum atomic E-state index is 0.0459. The van der Waals surface area contributed by atoms with E-state index in [0.29, 0.717) is 0 Å². The number of nitrogens with one attached hydrogen (secondary N) is 1. The van der Waals surface area contributed by atoms with Crippen molar-refractivity contribution >= 4 is 17.2 Å². The zero-order valence-corrected chi connectivity index (χ0v) is 12.2. The normalized spacial score (nSPS) is 10.5. The van der Waals surface area contributed by atoms with Crippen molar-refractivity contribution in [2.45, 2.75) is 13.2 Å². The summed E-state index contributed by atoms with van der Waals surface area (Å²) in [6, 6.07) is 11.8. The van der Waals surface area contributed by atoms with Gasteiger partial charge in [-0.1, -0.05) is 30.3 Å². The molecule has 0 aliphatic heterocycles. The maximum atomic E-state index is 9.10. The monoisotopic (exact) mass is 297 g/mol. The van der Waals surface area contributed by atoms with Crippen molar-refractivity contribution in [2.75, 3.05) is 5.32 Å². The summed E-state index contributed by atoms with van der Waals surface area (Å²) in [6.07, 6.45) is 3.37. The summed E-state index contributed by atoms with van der Waals surface area (Å²) in [7, 11) is 0. The van der Waals surface area contributed by atoms with Crippen molar-refractivity contribution in [3.05, 3.63) is 64.6 Å². The lowest BCUT2D eigenvalue weighted by Crippen LogP contribution is -2.03. The molecule has 4 nitrogen and oxygen atoms in total. The van der Waals surface area contributed by atoms with Gasteiger partial charge in [0.25, 0.3) is 0 Å². The Bertz CT molecular complexity index is 696. The van der Waals surface area contributed by atoms with Gasteiger partial charge in [0.1, 0.15) is 5.69 Å². The second kappa shape index (κ2) is 6.47. The first-order valence-electron chi connectivity index (χ1n) is 6.64. The first-order valence-corrected chi connectivity index (χ1v) is 7.52. The third kappa shape index (κ3) is 3.26. The zero-order chi connectivity index (χ0) is 14.5. The number of thiophene rings is 1. The van der Waals surface area contributed by atoms with Gasteiger partial charge in [0.05, 0.1) is 13.2 Å². The average Bonchev–Trinajstić information content (AvgIpc) is 3.07. The molecule has 106 valence electrons. The number of aromatic nitrogens is 2. The van der Waals surface area contributed by atoms with E-state index >= 15 is 0 Å². The van der Waals surface area contributed by atoms with Gasteiger partial charge < -0.3 is 10.4 Å². The molecule has 3 rings (SSSR count). The summed E-state index contributed by atoms with van der Waals surface area (Å²) in [5.41, 5.74) is 2.68. The molecule has 0 aliphatic rings. The molecule has 0 saturated carbocycles. The van der Waals surface area contributed by atoms with Crippen molar-refractivity contribution < 1.29 is 5.11 Å². The van der Waals surface area contributed by atoms with E-state index in [0.717, 1.165) is 29.2 Å². The second-order valence-electron chi connectivity index (χ2n) is 4.54. The van der Waals surface area contributed by atoms with Crippen LogP contribution in [0, 0.1) is 0 Å². The van der Waals surface area contributed by atoms with Gasteiger partial charge in [-0.2, -0.15) is 0 Å². The van der Waals surface area contributed by atoms with E-state index in [1.807, 2.05) is 30.3 Å². The van der Waals surface area contributed by atoms with Crippen LogP contribution in [0.1, 0.15) is 10.4 Å². The molecule has 1 aromatic carbocycles. The maximum absolute atomic E-state index is 9.10. The minimum absolute atomic E-state index is 0.0459. The third-order valence-electron chi connectivity index (χ3n) is 3.12. The van der Waals surface area contributed by atoms with Crippen LogP contribution < -0.4 is 5.32 Å². The lowest BCUT2D eigenvalue weighted by atomic mass is 10.1. The molecule has 5 heteroatoms. The third-order valence-corrected chi connectivity index (χ3v) is 3.99. The van der Waals surface area contributed by atoms with Crippen LogP contribution >= 0.6 is 11.3 Å². The number of hydrogen-bond donors (Lipinski definition) is 2. The molecule has 0 radical (unpaired) electrons. The van der Waals surface area contributed by atoms with Crippen LogP contribution in [0.15, 0.2) is 54.2 Å². The fourth-order valence-electron chi connectivity index (χ4n) is 2.03. The molecule has 2 N–H and O–H groups in total. The van der Waals surface area contributed by atoms with E-state index in [4.69, 9.17) is 5.11 Å². The minimum Gasteiger partial charge on any atom is -0.392 e. The highest BCUT2D eigenvalue weighted by atomic mass is 32.1. The lowest BCUT2D eigenvalue weighted by Gasteiger charge is -2.09. The highest BCUT2D eigenvalue weighted by molar-refractivity contribution is 7.09. The maximum Gasteiger partial charge on any atom is 0.152 e. The summed E-state index contributed by atoms with van der Waals surface area (Å²) < 4.78 is 0. The topological polar surface area (TPSA) is 58.0 Å². The number of aliphatic hydroxyl groups excluding tert-OH is 1. The zero-order valence-electron chi connectivity index (χ0n) is 11.4. The molecule has 2 aromatic heterocycles. The number of benzene rings is 1. The molecule has 0 spiro atoms. The van der Waals surface area contributed by atoms with Gasteiger partial charge in [-0.3, -0.25) is 4.98 Å². The molecule has 21 heavy (non-hydrogen) atoms. The first-order chi connectivity index (χ1) is 10.4. The molecule has 0 amide bonds. The van der Waals surface area contributed by atoms with Gasteiger partial charge in [0, 0.05) is 22.8 Å². The Kier molecular flexibility index (Phi) is 4.23. The van der Waals surface area contributed by atoms with Crippen molar-refractivity contribution in [3.8, 4) is 11.3 Å². The van der Waals surface area contributed by atoms with Crippen LogP contribution in [0.5, 0.6) is 0 Å². The van der Waals surface area contributed by atoms with Crippen LogP contribution in [0.2, 0.25) is 0 Å². The smallest absolute Gasteiger partial charge is 0.152 e. The predicted octanol–water partition coefficient (Wildman–Crippen LogP) is 3.31. The second-order valence-corrected chi connectivity index (χ2v) is 5.57. The van der Waals surface area contributed by atoms with Crippen molar-refractivity contribution in [3.63, 3.8) is 0 Å². The van der Waals surface area contributed by atoms with Crippen molar-refractivity contribution in [2.24, 2.45) is 0 Å². The van der Waals surface area contributed by atoms with Gasteiger partial charge in [-0.25, -0.2) is 4.98 Å². The molecule has 0 bridgehead atoms. The Labute approximate surface area is 127 Å². The lowest BCUT2D eigenvalue weighted by molar-refractivity contribution is 0.282. The van der Waals surface area contributed by atoms with E-state index in [2.05, 4.69) is 26.7 Å². The molecular weight excluding hydrogens is 282 g/mol. The number of rotatable bonds is 5. The highest BCUT2D eigenvalue weighted by Gasteiger charge is 2.08. The summed E-state index contributed by atoms with van der Waals surface area (Å²) in [5.74, 6) is 0.766. The number of nitrogens with zero attached hydrogens (tertiary/aromatic N) is 2. The van der Waals surface area contributed by atoms with Crippen molar-refractivity contribution in [1.82, 2.24) is 9.97 Å². The van der Waals surface area contributed by atoms with E-state index < -0.39 is 0 Å². The standard InChI is InChI=1S/C16H15N3OS/c20-11-12-3-5-13(6-4-12)15-16(18-8-7-17-15)19-10-14-2-1-9-21-14/h1-9,20H,10-11H2,(H,18,19). The molecule has 3 aromatic rings. The predicted molar refractivity (Wildman–Crippen MR) is 85.0 cm³/mol. The number of anilines is 1. The molecule has 0 aliphatic carbocycles. The highest BCUT2D eigenvalue weighted by Crippen LogP contribution is 2.24. The van der Waals surface area contributed by atoms with Crippen LogP contribution in [-0.2, 0) is 13.2 Å². The molecular formula is C16H15N3OS. The number of hydrogen-bond acceptors (Lipinski definition) is 5. The fourth-order valence-corrected chi connectivity index (χ4v) is 2.68. The largest absolute Gasteiger partial charge is 0.392 e. The molecule has 0 saturated heterocycles. The van der Waals surface area contributed by atoms with Gasteiger partial charge in [0.15, 0.2) is 5.82 Å². The quantitative estimate of drug-likeness (QED) is 0.758. The summed E-state index contributed by atoms with van der Waals surface area (Å²) in [6.45, 7) is 0.780.